The quantitative estimate of drug-likeness (QED) is 0.657. The fourth-order valence-electron chi connectivity index (χ4n) is 1.90. The molecule has 0 spiro atoms. The maximum absolute atomic E-state index is 12.6. The molecular formula is C12H16F3N3O2. The lowest BCUT2D eigenvalue weighted by Gasteiger charge is -2.27. The van der Waals surface area contributed by atoms with Gasteiger partial charge >= 0.3 is 11.9 Å². The fraction of sp³-hybridized carbons (Fsp3) is 0.583. The number of hydrogen-bond acceptors (Lipinski definition) is 4. The molecule has 1 rings (SSSR count). The van der Waals surface area contributed by atoms with Crippen molar-refractivity contribution in [1.29, 1.82) is 0 Å². The minimum atomic E-state index is -4.64. The highest BCUT2D eigenvalue weighted by Gasteiger charge is 2.35. The summed E-state index contributed by atoms with van der Waals surface area (Å²) < 4.78 is 37.9. The summed E-state index contributed by atoms with van der Waals surface area (Å²) in [6.45, 7) is 5.47. The molecule has 0 atom stereocenters. The zero-order chi connectivity index (χ0) is 15.6. The fourth-order valence-corrected chi connectivity index (χ4v) is 1.90. The van der Waals surface area contributed by atoms with Crippen LogP contribution in [-0.4, -0.2) is 15.4 Å². The summed E-state index contributed by atoms with van der Waals surface area (Å²) in [5.41, 5.74) is -2.35. The van der Waals surface area contributed by atoms with E-state index >= 15 is 0 Å². The van der Waals surface area contributed by atoms with E-state index in [1.165, 1.54) is 0 Å². The van der Waals surface area contributed by atoms with E-state index in [1.807, 2.05) is 6.92 Å². The van der Waals surface area contributed by atoms with Gasteiger partial charge in [-0.15, -0.1) is 0 Å². The van der Waals surface area contributed by atoms with Gasteiger partial charge in [-0.2, -0.15) is 13.2 Å². The predicted octanol–water partition coefficient (Wildman–Crippen LogP) is 4.00. The van der Waals surface area contributed by atoms with Crippen LogP contribution in [0.4, 0.5) is 24.5 Å². The Morgan fingerprint density at radius 3 is 2.45 bits per heavy atom. The average molecular weight is 291 g/mol. The molecule has 0 fully saturated rings. The minimum Gasteiger partial charge on any atom is -0.375 e. The number of halogens is 3. The highest BCUT2D eigenvalue weighted by atomic mass is 19.4. The van der Waals surface area contributed by atoms with Gasteiger partial charge in [0, 0.05) is 5.54 Å². The number of rotatable bonds is 5. The summed E-state index contributed by atoms with van der Waals surface area (Å²) in [6, 6.07) is 0.676. The van der Waals surface area contributed by atoms with E-state index in [9.17, 15) is 23.3 Å². The summed E-state index contributed by atoms with van der Waals surface area (Å²) in [4.78, 5) is 13.2. The summed E-state index contributed by atoms with van der Waals surface area (Å²) >= 11 is 0. The zero-order valence-electron chi connectivity index (χ0n) is 11.4. The molecule has 20 heavy (non-hydrogen) atoms. The summed E-state index contributed by atoms with van der Waals surface area (Å²) in [5, 5.41) is 13.7. The third kappa shape index (κ3) is 4.07. The number of hydrogen-bond donors (Lipinski definition) is 1. The highest BCUT2D eigenvalue weighted by molar-refractivity contribution is 5.62. The molecule has 0 aliphatic carbocycles. The molecule has 0 saturated carbocycles. The van der Waals surface area contributed by atoms with Gasteiger partial charge in [0.25, 0.3) is 0 Å². The Kier molecular flexibility index (Phi) is 4.57. The van der Waals surface area contributed by atoms with Crippen molar-refractivity contribution in [2.75, 3.05) is 5.32 Å². The molecule has 1 heterocycles. The van der Waals surface area contributed by atoms with Crippen LogP contribution in [0.15, 0.2) is 12.3 Å². The van der Waals surface area contributed by atoms with Crippen LogP contribution in [0, 0.1) is 10.1 Å². The van der Waals surface area contributed by atoms with Crippen LogP contribution in [0.1, 0.15) is 39.3 Å². The molecule has 0 radical (unpaired) electrons. The Balaban J connectivity index is 3.23. The van der Waals surface area contributed by atoms with Gasteiger partial charge in [-0.3, -0.25) is 10.1 Å². The van der Waals surface area contributed by atoms with Gasteiger partial charge in [0.2, 0.25) is 0 Å². The molecule has 0 aliphatic heterocycles. The molecule has 1 aromatic heterocycles. The smallest absolute Gasteiger partial charge is 0.375 e. The number of nitrogens with zero attached hydrogens (tertiary/aromatic N) is 2. The molecule has 112 valence electrons. The van der Waals surface area contributed by atoms with Gasteiger partial charge in [-0.25, -0.2) is 4.98 Å². The molecule has 0 amide bonds. The molecule has 5 nitrogen and oxygen atoms in total. The Bertz CT molecular complexity index is 501. The molecule has 0 aromatic carbocycles. The number of pyridine rings is 1. The number of nitro groups is 1. The van der Waals surface area contributed by atoms with Gasteiger partial charge in [0.1, 0.15) is 17.6 Å². The van der Waals surface area contributed by atoms with Crippen LogP contribution in [0.3, 0.4) is 0 Å². The Morgan fingerprint density at radius 2 is 2.00 bits per heavy atom. The molecule has 1 aromatic rings. The lowest BCUT2D eigenvalue weighted by Crippen LogP contribution is -2.31. The van der Waals surface area contributed by atoms with Crippen molar-refractivity contribution in [1.82, 2.24) is 4.98 Å². The van der Waals surface area contributed by atoms with Gasteiger partial charge in [-0.05, 0) is 26.3 Å². The maximum Gasteiger partial charge on any atom is 0.433 e. The summed E-state index contributed by atoms with van der Waals surface area (Å²) in [6.07, 6.45) is -2.55. The first-order chi connectivity index (χ1) is 9.07. The van der Waals surface area contributed by atoms with Crippen molar-refractivity contribution in [3.63, 3.8) is 0 Å². The third-order valence-electron chi connectivity index (χ3n) is 2.72. The second-order valence-corrected chi connectivity index (χ2v) is 5.10. The van der Waals surface area contributed by atoms with E-state index < -0.39 is 28.0 Å². The zero-order valence-corrected chi connectivity index (χ0v) is 11.4. The highest BCUT2D eigenvalue weighted by Crippen LogP contribution is 2.34. The molecule has 0 unspecified atom stereocenters. The van der Waals surface area contributed by atoms with E-state index in [4.69, 9.17) is 0 Å². The SMILES string of the molecule is CCCC(C)(C)Nc1cc(C(F)(F)F)ncc1[N+](=O)[O-]. The normalized spacial score (nSPS) is 12.3. The van der Waals surface area contributed by atoms with Crippen LogP contribution in [0.2, 0.25) is 0 Å². The Hall–Kier alpha value is -1.86. The summed E-state index contributed by atoms with van der Waals surface area (Å²) in [5.74, 6) is 0. The molecule has 0 aliphatic rings. The van der Waals surface area contributed by atoms with Gasteiger partial charge in [-0.1, -0.05) is 13.3 Å². The van der Waals surface area contributed by atoms with Gasteiger partial charge < -0.3 is 5.32 Å². The third-order valence-corrected chi connectivity index (χ3v) is 2.72. The van der Waals surface area contributed by atoms with Crippen molar-refractivity contribution in [3.8, 4) is 0 Å². The number of aromatic nitrogens is 1. The predicted molar refractivity (Wildman–Crippen MR) is 68.5 cm³/mol. The molecule has 0 bridgehead atoms. The van der Waals surface area contributed by atoms with Crippen LogP contribution in [-0.2, 0) is 6.18 Å². The molecule has 8 heteroatoms. The van der Waals surface area contributed by atoms with Crippen LogP contribution >= 0.6 is 0 Å². The number of alkyl halides is 3. The first-order valence-electron chi connectivity index (χ1n) is 6.06. The standard InChI is InChI=1S/C12H16F3N3O2/c1-4-5-11(2,3)17-8-6-10(12(13,14)15)16-7-9(8)18(19)20/h6-7H,4-5H2,1-3H3,(H,16,17). The number of anilines is 1. The van der Waals surface area contributed by atoms with Crippen LogP contribution in [0.25, 0.3) is 0 Å². The first-order valence-corrected chi connectivity index (χ1v) is 6.06. The summed E-state index contributed by atoms with van der Waals surface area (Å²) in [7, 11) is 0. The van der Waals surface area contributed by atoms with E-state index in [0.29, 0.717) is 18.7 Å². The van der Waals surface area contributed by atoms with Crippen LogP contribution in [0.5, 0.6) is 0 Å². The average Bonchev–Trinajstić information content (AvgIpc) is 2.26. The van der Waals surface area contributed by atoms with E-state index in [1.54, 1.807) is 13.8 Å². The minimum absolute atomic E-state index is 0.171. The molecule has 1 N–H and O–H groups in total. The van der Waals surface area contributed by atoms with Crippen molar-refractivity contribution in [2.24, 2.45) is 0 Å². The topological polar surface area (TPSA) is 68.1 Å². The lowest BCUT2D eigenvalue weighted by molar-refractivity contribution is -0.384. The van der Waals surface area contributed by atoms with Crippen molar-refractivity contribution in [2.45, 2.75) is 45.3 Å². The second-order valence-electron chi connectivity index (χ2n) is 5.10. The Labute approximate surface area is 114 Å². The molecular weight excluding hydrogens is 275 g/mol. The largest absolute Gasteiger partial charge is 0.433 e. The maximum atomic E-state index is 12.6. The lowest BCUT2D eigenvalue weighted by atomic mass is 9.98. The van der Waals surface area contributed by atoms with Gasteiger partial charge in [0.15, 0.2) is 0 Å². The Morgan fingerprint density at radius 1 is 1.40 bits per heavy atom. The van der Waals surface area contributed by atoms with E-state index in [0.717, 1.165) is 6.42 Å². The van der Waals surface area contributed by atoms with Gasteiger partial charge in [0.05, 0.1) is 4.92 Å². The van der Waals surface area contributed by atoms with Crippen molar-refractivity contribution < 1.29 is 18.1 Å². The van der Waals surface area contributed by atoms with Crippen molar-refractivity contribution >= 4 is 11.4 Å². The number of nitrogens with one attached hydrogen (secondary N) is 1. The van der Waals surface area contributed by atoms with Crippen molar-refractivity contribution in [3.05, 3.63) is 28.1 Å². The molecule has 0 saturated heterocycles. The van der Waals surface area contributed by atoms with E-state index in [2.05, 4.69) is 10.3 Å². The van der Waals surface area contributed by atoms with Crippen LogP contribution < -0.4 is 5.32 Å². The second kappa shape index (κ2) is 5.64. The first kappa shape index (κ1) is 16.2. The monoisotopic (exact) mass is 291 g/mol. The van der Waals surface area contributed by atoms with E-state index in [-0.39, 0.29) is 5.69 Å².